The van der Waals surface area contributed by atoms with E-state index < -0.39 is 0 Å². The van der Waals surface area contributed by atoms with Crippen LogP contribution in [-0.2, 0) is 6.54 Å². The maximum Gasteiger partial charge on any atom is 0.254 e. The van der Waals surface area contributed by atoms with E-state index in [2.05, 4.69) is 10.4 Å². The van der Waals surface area contributed by atoms with Crippen LogP contribution in [0.4, 0.5) is 0 Å². The number of nitrogens with zero attached hydrogens (tertiary/aromatic N) is 2. The van der Waals surface area contributed by atoms with Crippen molar-refractivity contribution in [2.75, 3.05) is 13.2 Å². The fourth-order valence-corrected chi connectivity index (χ4v) is 3.04. The smallest absolute Gasteiger partial charge is 0.254 e. The lowest BCUT2D eigenvalue weighted by Gasteiger charge is -2.26. The fraction of sp³-hybridized carbons (Fsp3) is 0.200. The molecule has 0 radical (unpaired) electrons. The van der Waals surface area contributed by atoms with Gasteiger partial charge in [-0.1, -0.05) is 41.9 Å². The minimum absolute atomic E-state index is 0.206. The summed E-state index contributed by atoms with van der Waals surface area (Å²) < 4.78 is 13.2. The SMILES string of the molecule is O=C(NC[C@@H]1COc2ccccc2O1)c1cnn(Cc2ccccc2Cl)c1. The molecule has 1 aliphatic rings. The Morgan fingerprint density at radius 2 is 1.96 bits per heavy atom. The van der Waals surface area contributed by atoms with Crippen molar-refractivity contribution < 1.29 is 14.3 Å². The molecule has 27 heavy (non-hydrogen) atoms. The number of amides is 1. The maximum absolute atomic E-state index is 12.4. The van der Waals surface area contributed by atoms with Gasteiger partial charge in [-0.3, -0.25) is 9.48 Å². The minimum Gasteiger partial charge on any atom is -0.486 e. The quantitative estimate of drug-likeness (QED) is 0.735. The molecule has 7 heteroatoms. The Hall–Kier alpha value is -2.99. The first-order valence-corrected chi connectivity index (χ1v) is 8.99. The number of hydrogen-bond donors (Lipinski definition) is 1. The maximum atomic E-state index is 12.4. The number of rotatable bonds is 5. The Morgan fingerprint density at radius 1 is 1.19 bits per heavy atom. The lowest BCUT2D eigenvalue weighted by Crippen LogP contribution is -2.40. The number of carbonyl (C=O) groups is 1. The monoisotopic (exact) mass is 383 g/mol. The summed E-state index contributed by atoms with van der Waals surface area (Å²) in [4.78, 5) is 12.4. The van der Waals surface area contributed by atoms with Gasteiger partial charge in [0, 0.05) is 11.2 Å². The van der Waals surface area contributed by atoms with Gasteiger partial charge in [-0.2, -0.15) is 5.10 Å². The fourth-order valence-electron chi connectivity index (χ4n) is 2.84. The molecule has 1 atom stereocenters. The highest BCUT2D eigenvalue weighted by Crippen LogP contribution is 2.30. The number of ether oxygens (including phenoxy) is 2. The van der Waals surface area contributed by atoms with Crippen LogP contribution in [-0.4, -0.2) is 34.9 Å². The van der Waals surface area contributed by atoms with Gasteiger partial charge in [0.2, 0.25) is 0 Å². The first-order valence-electron chi connectivity index (χ1n) is 8.61. The molecular formula is C20H18ClN3O3. The Morgan fingerprint density at radius 3 is 2.81 bits per heavy atom. The highest BCUT2D eigenvalue weighted by atomic mass is 35.5. The highest BCUT2D eigenvalue weighted by Gasteiger charge is 2.21. The van der Waals surface area contributed by atoms with E-state index in [0.717, 1.165) is 11.3 Å². The van der Waals surface area contributed by atoms with Gasteiger partial charge >= 0.3 is 0 Å². The van der Waals surface area contributed by atoms with Gasteiger partial charge in [0.15, 0.2) is 11.5 Å². The third-order valence-corrected chi connectivity index (χ3v) is 4.61. The standard InChI is InChI=1S/C20H18ClN3O3/c21-17-6-2-1-5-14(17)11-24-12-15(9-23-24)20(25)22-10-16-13-26-18-7-3-4-8-19(18)27-16/h1-9,12,16H,10-11,13H2,(H,22,25)/t16-/m1/s1. The normalized spacial score (nSPS) is 15.4. The van der Waals surface area contributed by atoms with Crippen LogP contribution in [0.25, 0.3) is 0 Å². The molecule has 3 aromatic rings. The molecule has 0 fully saturated rings. The first-order chi connectivity index (χ1) is 13.2. The van der Waals surface area contributed by atoms with Crippen molar-refractivity contribution in [3.63, 3.8) is 0 Å². The van der Waals surface area contributed by atoms with Gasteiger partial charge in [-0.25, -0.2) is 0 Å². The van der Waals surface area contributed by atoms with Gasteiger partial charge in [0.1, 0.15) is 12.7 Å². The van der Waals surface area contributed by atoms with Crippen LogP contribution in [0, 0.1) is 0 Å². The zero-order valence-corrected chi connectivity index (χ0v) is 15.2. The summed E-state index contributed by atoms with van der Waals surface area (Å²) in [7, 11) is 0. The van der Waals surface area contributed by atoms with Crippen molar-refractivity contribution in [3.05, 3.63) is 77.1 Å². The van der Waals surface area contributed by atoms with Gasteiger partial charge in [-0.15, -0.1) is 0 Å². The van der Waals surface area contributed by atoms with Crippen LogP contribution in [0.2, 0.25) is 5.02 Å². The molecule has 1 aliphatic heterocycles. The van der Waals surface area contributed by atoms with Crippen molar-refractivity contribution in [1.82, 2.24) is 15.1 Å². The molecule has 2 heterocycles. The zero-order chi connectivity index (χ0) is 18.6. The largest absolute Gasteiger partial charge is 0.486 e. The van der Waals surface area contributed by atoms with Crippen LogP contribution in [0.15, 0.2) is 60.9 Å². The van der Waals surface area contributed by atoms with E-state index in [1.807, 2.05) is 48.5 Å². The second kappa shape index (κ2) is 7.72. The number of para-hydroxylation sites is 2. The molecule has 0 saturated heterocycles. The van der Waals surface area contributed by atoms with Gasteiger partial charge in [-0.05, 0) is 23.8 Å². The molecule has 1 amide bonds. The predicted octanol–water partition coefficient (Wildman–Crippen LogP) is 3.15. The van der Waals surface area contributed by atoms with Gasteiger partial charge in [0.05, 0.1) is 24.8 Å². The number of benzene rings is 2. The number of halogens is 1. The number of nitrogens with one attached hydrogen (secondary N) is 1. The van der Waals surface area contributed by atoms with Crippen LogP contribution in [0.3, 0.4) is 0 Å². The van der Waals surface area contributed by atoms with E-state index in [1.54, 1.807) is 17.1 Å². The third-order valence-electron chi connectivity index (χ3n) is 4.24. The van der Waals surface area contributed by atoms with Gasteiger partial charge in [0.25, 0.3) is 5.91 Å². The second-order valence-electron chi connectivity index (χ2n) is 6.23. The van der Waals surface area contributed by atoms with E-state index in [0.29, 0.717) is 36.0 Å². The molecule has 6 nitrogen and oxygen atoms in total. The molecule has 4 rings (SSSR count). The number of hydrogen-bond acceptors (Lipinski definition) is 4. The Bertz CT molecular complexity index is 957. The van der Waals surface area contributed by atoms with E-state index in [4.69, 9.17) is 21.1 Å². The summed E-state index contributed by atoms with van der Waals surface area (Å²) in [6.45, 7) is 1.25. The van der Waals surface area contributed by atoms with E-state index in [-0.39, 0.29) is 12.0 Å². The van der Waals surface area contributed by atoms with Crippen LogP contribution < -0.4 is 14.8 Å². The van der Waals surface area contributed by atoms with Crippen molar-refractivity contribution in [2.24, 2.45) is 0 Å². The Labute approximate surface area is 161 Å². The predicted molar refractivity (Wildman–Crippen MR) is 101 cm³/mol. The first kappa shape index (κ1) is 17.4. The van der Waals surface area contributed by atoms with Crippen LogP contribution >= 0.6 is 11.6 Å². The molecule has 1 N–H and O–H groups in total. The average molecular weight is 384 g/mol. The molecule has 0 aliphatic carbocycles. The Kier molecular flexibility index (Phi) is 4.98. The topological polar surface area (TPSA) is 65.4 Å². The van der Waals surface area contributed by atoms with Gasteiger partial charge < -0.3 is 14.8 Å². The molecule has 0 bridgehead atoms. The Balaban J connectivity index is 1.33. The average Bonchev–Trinajstić information content (AvgIpc) is 3.16. The molecule has 0 spiro atoms. The lowest BCUT2D eigenvalue weighted by atomic mass is 10.2. The summed E-state index contributed by atoms with van der Waals surface area (Å²) in [5.74, 6) is 1.21. The second-order valence-corrected chi connectivity index (χ2v) is 6.63. The molecule has 1 aromatic heterocycles. The summed E-state index contributed by atoms with van der Waals surface area (Å²) >= 11 is 6.17. The van der Waals surface area contributed by atoms with Crippen molar-refractivity contribution in [3.8, 4) is 11.5 Å². The van der Waals surface area contributed by atoms with E-state index in [9.17, 15) is 4.79 Å². The van der Waals surface area contributed by atoms with Crippen molar-refractivity contribution in [1.29, 1.82) is 0 Å². The van der Waals surface area contributed by atoms with Crippen LogP contribution in [0.5, 0.6) is 11.5 Å². The van der Waals surface area contributed by atoms with E-state index >= 15 is 0 Å². The summed E-state index contributed by atoms with van der Waals surface area (Å²) in [6, 6.07) is 15.0. The number of aromatic nitrogens is 2. The third kappa shape index (κ3) is 4.06. The number of fused-ring (bicyclic) bond motifs is 1. The summed E-state index contributed by atoms with van der Waals surface area (Å²) in [6.07, 6.45) is 3.01. The highest BCUT2D eigenvalue weighted by molar-refractivity contribution is 6.31. The molecule has 2 aromatic carbocycles. The molecule has 0 unspecified atom stereocenters. The molecular weight excluding hydrogens is 366 g/mol. The van der Waals surface area contributed by atoms with Crippen LogP contribution in [0.1, 0.15) is 15.9 Å². The minimum atomic E-state index is -0.234. The summed E-state index contributed by atoms with van der Waals surface area (Å²) in [5.41, 5.74) is 1.43. The van der Waals surface area contributed by atoms with E-state index in [1.165, 1.54) is 0 Å². The number of carbonyl (C=O) groups excluding carboxylic acids is 1. The van der Waals surface area contributed by atoms with Crippen molar-refractivity contribution in [2.45, 2.75) is 12.6 Å². The zero-order valence-electron chi connectivity index (χ0n) is 14.5. The molecule has 138 valence electrons. The lowest BCUT2D eigenvalue weighted by molar-refractivity contribution is 0.0789. The van der Waals surface area contributed by atoms with Crippen molar-refractivity contribution >= 4 is 17.5 Å². The summed E-state index contributed by atoms with van der Waals surface area (Å²) in [5, 5.41) is 7.78. The molecule has 0 saturated carbocycles.